The average molecular weight is 305 g/mol. The molecular weight excluding hydrogens is 282 g/mol. The van der Waals surface area contributed by atoms with Crippen molar-refractivity contribution in [2.75, 3.05) is 7.11 Å². The fourth-order valence-corrected chi connectivity index (χ4v) is 2.89. The lowest BCUT2D eigenvalue weighted by molar-refractivity contribution is -0.142. The fraction of sp³-hybridized carbons (Fsp3) is 0.529. The normalized spacial score (nSPS) is 16.8. The SMILES string of the molecule is COc1cccc(CC(NC(=O)C2CCCCC2)C(=O)O)c1. The number of hydrogen-bond donors (Lipinski definition) is 2. The number of carboxylic acid groups (broad SMARTS) is 1. The van der Waals surface area contributed by atoms with Gasteiger partial charge in [0.2, 0.25) is 5.91 Å². The van der Waals surface area contributed by atoms with Crippen LogP contribution in [0, 0.1) is 5.92 Å². The van der Waals surface area contributed by atoms with Crippen LogP contribution in [0.15, 0.2) is 24.3 Å². The van der Waals surface area contributed by atoms with Gasteiger partial charge in [0.25, 0.3) is 0 Å². The highest BCUT2D eigenvalue weighted by Crippen LogP contribution is 2.24. The number of carboxylic acids is 1. The Bertz CT molecular complexity index is 523. The lowest BCUT2D eigenvalue weighted by Crippen LogP contribution is -2.45. The van der Waals surface area contributed by atoms with Crippen LogP contribution in [-0.4, -0.2) is 30.1 Å². The Morgan fingerprint density at radius 1 is 1.32 bits per heavy atom. The molecule has 1 unspecified atom stereocenters. The number of carbonyl (C=O) groups is 2. The Kier molecular flexibility index (Phi) is 5.81. The summed E-state index contributed by atoms with van der Waals surface area (Å²) in [6.07, 6.45) is 5.23. The highest BCUT2D eigenvalue weighted by molar-refractivity contribution is 5.85. The highest BCUT2D eigenvalue weighted by Gasteiger charge is 2.26. The van der Waals surface area contributed by atoms with Crippen LogP contribution in [0.25, 0.3) is 0 Å². The van der Waals surface area contributed by atoms with Crippen LogP contribution in [0.5, 0.6) is 5.75 Å². The van der Waals surface area contributed by atoms with Gasteiger partial charge in [0, 0.05) is 12.3 Å². The quantitative estimate of drug-likeness (QED) is 0.846. The summed E-state index contributed by atoms with van der Waals surface area (Å²) in [5.41, 5.74) is 0.829. The Morgan fingerprint density at radius 3 is 2.68 bits per heavy atom. The van der Waals surface area contributed by atoms with Crippen LogP contribution >= 0.6 is 0 Å². The van der Waals surface area contributed by atoms with Crippen LogP contribution < -0.4 is 10.1 Å². The number of ether oxygens (including phenoxy) is 1. The molecule has 0 aliphatic heterocycles. The molecule has 0 heterocycles. The van der Waals surface area contributed by atoms with E-state index in [1.165, 1.54) is 0 Å². The van der Waals surface area contributed by atoms with Gasteiger partial charge in [-0.2, -0.15) is 0 Å². The summed E-state index contributed by atoms with van der Waals surface area (Å²) in [6.45, 7) is 0. The summed E-state index contributed by atoms with van der Waals surface area (Å²) >= 11 is 0. The molecular formula is C17H23NO4. The number of amides is 1. The molecule has 1 atom stereocenters. The maximum atomic E-state index is 12.2. The number of carbonyl (C=O) groups excluding carboxylic acids is 1. The number of hydrogen-bond acceptors (Lipinski definition) is 3. The van der Waals surface area contributed by atoms with Gasteiger partial charge in [-0.05, 0) is 30.5 Å². The molecule has 2 rings (SSSR count). The molecule has 1 aliphatic rings. The van der Waals surface area contributed by atoms with Crippen molar-refractivity contribution >= 4 is 11.9 Å². The molecule has 2 N–H and O–H groups in total. The number of rotatable bonds is 6. The fourth-order valence-electron chi connectivity index (χ4n) is 2.89. The molecule has 1 aromatic carbocycles. The predicted octanol–water partition coefficient (Wildman–Crippen LogP) is 2.39. The predicted molar refractivity (Wildman–Crippen MR) is 82.8 cm³/mol. The van der Waals surface area contributed by atoms with E-state index in [2.05, 4.69) is 5.32 Å². The average Bonchev–Trinajstić information content (AvgIpc) is 2.55. The molecule has 5 nitrogen and oxygen atoms in total. The van der Waals surface area contributed by atoms with Gasteiger partial charge < -0.3 is 15.2 Å². The third-order valence-electron chi connectivity index (χ3n) is 4.16. The Labute approximate surface area is 130 Å². The topological polar surface area (TPSA) is 75.6 Å². The summed E-state index contributed by atoms with van der Waals surface area (Å²) in [5, 5.41) is 12.1. The molecule has 1 aliphatic carbocycles. The largest absolute Gasteiger partial charge is 0.497 e. The second kappa shape index (κ2) is 7.82. The first kappa shape index (κ1) is 16.3. The van der Waals surface area contributed by atoms with E-state index in [0.717, 1.165) is 37.7 Å². The second-order valence-corrected chi connectivity index (χ2v) is 5.79. The standard InChI is InChI=1S/C17H23NO4/c1-22-14-9-5-6-12(10-14)11-15(17(20)21)18-16(19)13-7-3-2-4-8-13/h5-6,9-10,13,15H,2-4,7-8,11H2,1H3,(H,18,19)(H,20,21). The van der Waals surface area contributed by atoms with E-state index in [-0.39, 0.29) is 18.2 Å². The van der Waals surface area contributed by atoms with Gasteiger partial charge in [-0.3, -0.25) is 4.79 Å². The maximum Gasteiger partial charge on any atom is 0.326 e. The summed E-state index contributed by atoms with van der Waals surface area (Å²) in [4.78, 5) is 23.7. The van der Waals surface area contributed by atoms with Crippen LogP contribution in [0.4, 0.5) is 0 Å². The minimum absolute atomic E-state index is 0.0408. The molecule has 120 valence electrons. The van der Waals surface area contributed by atoms with Crippen LogP contribution in [-0.2, 0) is 16.0 Å². The number of methoxy groups -OCH3 is 1. The summed E-state index contributed by atoms with van der Waals surface area (Å²) in [7, 11) is 1.57. The zero-order chi connectivity index (χ0) is 15.9. The number of aliphatic carboxylic acids is 1. The molecule has 1 saturated carbocycles. The van der Waals surface area contributed by atoms with Crippen molar-refractivity contribution in [3.8, 4) is 5.75 Å². The van der Waals surface area contributed by atoms with Gasteiger partial charge in [-0.1, -0.05) is 31.4 Å². The molecule has 0 bridgehead atoms. The van der Waals surface area contributed by atoms with Crippen molar-refractivity contribution in [1.29, 1.82) is 0 Å². The molecule has 0 aromatic heterocycles. The van der Waals surface area contributed by atoms with Crippen molar-refractivity contribution in [3.05, 3.63) is 29.8 Å². The molecule has 1 fully saturated rings. The van der Waals surface area contributed by atoms with Crippen LogP contribution in [0.3, 0.4) is 0 Å². The van der Waals surface area contributed by atoms with Gasteiger partial charge in [0.1, 0.15) is 11.8 Å². The first-order valence-electron chi connectivity index (χ1n) is 7.76. The first-order chi connectivity index (χ1) is 10.6. The van der Waals surface area contributed by atoms with E-state index in [0.29, 0.717) is 5.75 Å². The van der Waals surface area contributed by atoms with E-state index in [1.54, 1.807) is 19.2 Å². The highest BCUT2D eigenvalue weighted by atomic mass is 16.5. The molecule has 22 heavy (non-hydrogen) atoms. The molecule has 1 amide bonds. The molecule has 5 heteroatoms. The Morgan fingerprint density at radius 2 is 2.05 bits per heavy atom. The summed E-state index contributed by atoms with van der Waals surface area (Å²) < 4.78 is 5.14. The van der Waals surface area contributed by atoms with E-state index < -0.39 is 12.0 Å². The van der Waals surface area contributed by atoms with Crippen LogP contribution in [0.1, 0.15) is 37.7 Å². The van der Waals surface area contributed by atoms with Crippen molar-refractivity contribution in [1.82, 2.24) is 5.32 Å². The molecule has 0 radical (unpaired) electrons. The minimum Gasteiger partial charge on any atom is -0.497 e. The smallest absolute Gasteiger partial charge is 0.326 e. The van der Waals surface area contributed by atoms with Crippen molar-refractivity contribution < 1.29 is 19.4 Å². The van der Waals surface area contributed by atoms with Crippen molar-refractivity contribution in [2.45, 2.75) is 44.6 Å². The molecule has 0 saturated heterocycles. The van der Waals surface area contributed by atoms with E-state index >= 15 is 0 Å². The van der Waals surface area contributed by atoms with E-state index in [1.807, 2.05) is 12.1 Å². The Hall–Kier alpha value is -2.04. The summed E-state index contributed by atoms with van der Waals surface area (Å²) in [5.74, 6) is -0.497. The van der Waals surface area contributed by atoms with Gasteiger partial charge in [0.15, 0.2) is 0 Å². The second-order valence-electron chi connectivity index (χ2n) is 5.79. The minimum atomic E-state index is -1.01. The van der Waals surface area contributed by atoms with Crippen LogP contribution in [0.2, 0.25) is 0 Å². The lowest BCUT2D eigenvalue weighted by atomic mass is 9.88. The third-order valence-corrected chi connectivity index (χ3v) is 4.16. The monoisotopic (exact) mass is 305 g/mol. The van der Waals surface area contributed by atoms with Gasteiger partial charge >= 0.3 is 5.97 Å². The molecule has 1 aromatic rings. The number of benzene rings is 1. The molecule has 0 spiro atoms. The third kappa shape index (κ3) is 4.48. The van der Waals surface area contributed by atoms with Gasteiger partial charge in [-0.15, -0.1) is 0 Å². The maximum absolute atomic E-state index is 12.2. The first-order valence-corrected chi connectivity index (χ1v) is 7.76. The van der Waals surface area contributed by atoms with Crippen molar-refractivity contribution in [3.63, 3.8) is 0 Å². The summed E-state index contributed by atoms with van der Waals surface area (Å²) in [6, 6.07) is 6.35. The van der Waals surface area contributed by atoms with Gasteiger partial charge in [-0.25, -0.2) is 4.79 Å². The Balaban J connectivity index is 1.99. The zero-order valence-corrected chi connectivity index (χ0v) is 12.9. The number of nitrogens with one attached hydrogen (secondary N) is 1. The lowest BCUT2D eigenvalue weighted by Gasteiger charge is -2.23. The van der Waals surface area contributed by atoms with Crippen molar-refractivity contribution in [2.24, 2.45) is 5.92 Å². The zero-order valence-electron chi connectivity index (χ0n) is 12.9. The van der Waals surface area contributed by atoms with E-state index in [4.69, 9.17) is 4.74 Å². The van der Waals surface area contributed by atoms with Gasteiger partial charge in [0.05, 0.1) is 7.11 Å². The van der Waals surface area contributed by atoms with E-state index in [9.17, 15) is 14.7 Å².